The van der Waals surface area contributed by atoms with Gasteiger partial charge in [0.25, 0.3) is 0 Å². The van der Waals surface area contributed by atoms with Gasteiger partial charge in [-0.15, -0.1) is 0 Å². The SMILES string of the molecule is CC(C)COC(=O)Nc1cnc(C(=N)CC(=NCc2ccccc2F)c2ccon2)nc1N. The Morgan fingerprint density at radius 1 is 1.33 bits per heavy atom. The number of rotatable bonds is 9. The maximum atomic E-state index is 14.0. The lowest BCUT2D eigenvalue weighted by atomic mass is 10.1. The van der Waals surface area contributed by atoms with E-state index in [9.17, 15) is 9.18 Å². The molecule has 10 nitrogen and oxygen atoms in total. The van der Waals surface area contributed by atoms with Crippen molar-refractivity contribution in [2.45, 2.75) is 26.8 Å². The second kappa shape index (κ2) is 10.9. The van der Waals surface area contributed by atoms with Gasteiger partial charge in [0.05, 0.1) is 30.8 Å². The van der Waals surface area contributed by atoms with Crippen molar-refractivity contribution in [1.82, 2.24) is 15.1 Å². The van der Waals surface area contributed by atoms with E-state index in [-0.39, 0.29) is 54.3 Å². The van der Waals surface area contributed by atoms with Crippen LogP contribution in [0.3, 0.4) is 0 Å². The molecule has 1 aromatic carbocycles. The minimum absolute atomic E-state index is 0.00360. The van der Waals surface area contributed by atoms with Gasteiger partial charge in [-0.3, -0.25) is 10.3 Å². The Hall–Kier alpha value is -4.15. The van der Waals surface area contributed by atoms with Crippen molar-refractivity contribution in [1.29, 1.82) is 5.41 Å². The van der Waals surface area contributed by atoms with Crippen LogP contribution in [0.2, 0.25) is 0 Å². The molecule has 2 heterocycles. The maximum absolute atomic E-state index is 14.0. The number of benzene rings is 1. The molecule has 0 aliphatic heterocycles. The van der Waals surface area contributed by atoms with Gasteiger partial charge in [-0.2, -0.15) is 0 Å². The number of carbonyl (C=O) groups excluding carboxylic acids is 1. The molecule has 0 radical (unpaired) electrons. The van der Waals surface area contributed by atoms with Crippen LogP contribution < -0.4 is 11.1 Å². The third kappa shape index (κ3) is 6.66. The Labute approximate surface area is 189 Å². The van der Waals surface area contributed by atoms with Crippen LogP contribution in [-0.4, -0.2) is 39.2 Å². The quantitative estimate of drug-likeness (QED) is 0.416. The molecule has 33 heavy (non-hydrogen) atoms. The van der Waals surface area contributed by atoms with Crippen LogP contribution >= 0.6 is 0 Å². The fourth-order valence-corrected chi connectivity index (χ4v) is 2.67. The van der Waals surface area contributed by atoms with E-state index >= 15 is 0 Å². The number of aliphatic imine (C=N–C) groups is 1. The molecule has 3 aromatic rings. The maximum Gasteiger partial charge on any atom is 0.411 e. The van der Waals surface area contributed by atoms with Crippen LogP contribution in [-0.2, 0) is 11.3 Å². The Balaban J connectivity index is 1.73. The fraction of sp³-hybridized carbons (Fsp3) is 0.273. The number of hydrogen-bond donors (Lipinski definition) is 3. The number of aromatic nitrogens is 3. The van der Waals surface area contributed by atoms with Gasteiger partial charge in [-0.05, 0) is 12.0 Å². The molecule has 0 fully saturated rings. The number of nitrogen functional groups attached to an aromatic ring is 1. The number of nitrogens with two attached hydrogens (primary N) is 1. The number of nitrogens with zero attached hydrogens (tertiary/aromatic N) is 4. The third-order valence-corrected chi connectivity index (χ3v) is 4.35. The molecular weight excluding hydrogens is 429 g/mol. The average Bonchev–Trinajstić information content (AvgIpc) is 3.32. The zero-order valence-electron chi connectivity index (χ0n) is 18.2. The highest BCUT2D eigenvalue weighted by Gasteiger charge is 2.16. The number of carbonyl (C=O) groups is 1. The highest BCUT2D eigenvalue weighted by Crippen LogP contribution is 2.16. The molecule has 1 amide bonds. The van der Waals surface area contributed by atoms with Gasteiger partial charge in [0.1, 0.15) is 23.5 Å². The van der Waals surface area contributed by atoms with Crippen molar-refractivity contribution in [3.05, 3.63) is 65.7 Å². The first-order valence-corrected chi connectivity index (χ1v) is 10.1. The van der Waals surface area contributed by atoms with Crippen molar-refractivity contribution >= 4 is 29.0 Å². The van der Waals surface area contributed by atoms with Crippen molar-refractivity contribution in [2.75, 3.05) is 17.7 Å². The number of ether oxygens (including phenoxy) is 1. The van der Waals surface area contributed by atoms with E-state index in [1.165, 1.54) is 18.5 Å². The summed E-state index contributed by atoms with van der Waals surface area (Å²) in [5.41, 5.74) is 7.32. The predicted octanol–water partition coefficient (Wildman–Crippen LogP) is 3.84. The molecule has 2 aromatic heterocycles. The summed E-state index contributed by atoms with van der Waals surface area (Å²) < 4.78 is 23.9. The summed E-state index contributed by atoms with van der Waals surface area (Å²) >= 11 is 0. The van der Waals surface area contributed by atoms with Crippen molar-refractivity contribution < 1.29 is 18.4 Å². The van der Waals surface area contributed by atoms with Crippen molar-refractivity contribution in [2.24, 2.45) is 10.9 Å². The fourth-order valence-electron chi connectivity index (χ4n) is 2.67. The molecule has 0 aliphatic rings. The lowest BCUT2D eigenvalue weighted by molar-refractivity contribution is 0.147. The minimum atomic E-state index is -0.671. The van der Waals surface area contributed by atoms with Gasteiger partial charge in [0, 0.05) is 18.1 Å². The van der Waals surface area contributed by atoms with Gasteiger partial charge < -0.3 is 20.4 Å². The highest BCUT2D eigenvalue weighted by atomic mass is 19.1. The molecular formula is C22H24FN7O3. The second-order valence-corrected chi connectivity index (χ2v) is 7.50. The molecule has 11 heteroatoms. The lowest BCUT2D eigenvalue weighted by Crippen LogP contribution is -2.19. The highest BCUT2D eigenvalue weighted by molar-refractivity contribution is 6.15. The molecule has 0 spiro atoms. The van der Waals surface area contributed by atoms with Gasteiger partial charge in [0.2, 0.25) is 0 Å². The number of nitrogens with one attached hydrogen (secondary N) is 2. The van der Waals surface area contributed by atoms with Crippen LogP contribution in [0.15, 0.2) is 52.3 Å². The van der Waals surface area contributed by atoms with E-state index in [1.807, 2.05) is 13.8 Å². The summed E-state index contributed by atoms with van der Waals surface area (Å²) in [5, 5.41) is 14.7. The smallest absolute Gasteiger partial charge is 0.411 e. The molecule has 0 aliphatic carbocycles. The van der Waals surface area contributed by atoms with Gasteiger partial charge in [-0.25, -0.2) is 19.2 Å². The van der Waals surface area contributed by atoms with Crippen LogP contribution in [0.4, 0.5) is 20.7 Å². The van der Waals surface area contributed by atoms with Crippen molar-refractivity contribution in [3.63, 3.8) is 0 Å². The molecule has 0 unspecified atom stereocenters. The largest absolute Gasteiger partial charge is 0.449 e. The molecule has 3 rings (SSSR count). The summed E-state index contributed by atoms with van der Waals surface area (Å²) in [6.45, 7) is 4.15. The van der Waals surface area contributed by atoms with Crippen LogP contribution in [0, 0.1) is 17.1 Å². The Kier molecular flexibility index (Phi) is 7.79. The van der Waals surface area contributed by atoms with Gasteiger partial charge in [-0.1, -0.05) is 37.2 Å². The van der Waals surface area contributed by atoms with Crippen LogP contribution in [0.1, 0.15) is 37.4 Å². The second-order valence-electron chi connectivity index (χ2n) is 7.50. The third-order valence-electron chi connectivity index (χ3n) is 4.35. The predicted molar refractivity (Wildman–Crippen MR) is 121 cm³/mol. The molecule has 0 bridgehead atoms. The van der Waals surface area contributed by atoms with E-state index in [1.54, 1.807) is 24.3 Å². The van der Waals surface area contributed by atoms with E-state index < -0.39 is 6.09 Å². The zero-order chi connectivity index (χ0) is 23.8. The molecule has 172 valence electrons. The number of amides is 1. The monoisotopic (exact) mass is 453 g/mol. The lowest BCUT2D eigenvalue weighted by Gasteiger charge is -2.11. The van der Waals surface area contributed by atoms with Crippen LogP contribution in [0.5, 0.6) is 0 Å². The average molecular weight is 453 g/mol. The van der Waals surface area contributed by atoms with E-state index in [4.69, 9.17) is 20.4 Å². The Morgan fingerprint density at radius 2 is 2.12 bits per heavy atom. The molecule has 0 saturated carbocycles. The normalized spacial score (nSPS) is 11.5. The summed E-state index contributed by atoms with van der Waals surface area (Å²) in [4.78, 5) is 24.5. The first-order chi connectivity index (χ1) is 15.8. The Morgan fingerprint density at radius 3 is 2.79 bits per heavy atom. The molecule has 0 saturated heterocycles. The number of anilines is 2. The van der Waals surface area contributed by atoms with E-state index in [0.717, 1.165) is 0 Å². The number of halogens is 1. The standard InChI is InChI=1S/C22H24FN7O3/c1-13(2)12-32-22(31)28-19-11-27-21(29-20(19)25)16(24)9-18(17-7-8-33-30-17)26-10-14-5-3-4-6-15(14)23/h3-8,11,13,24H,9-10,12H2,1-2H3,(H,28,31)(H2,25,27,29). The summed E-state index contributed by atoms with van der Waals surface area (Å²) in [5.74, 6) is -0.152. The topological polar surface area (TPSA) is 152 Å². The van der Waals surface area contributed by atoms with Crippen molar-refractivity contribution in [3.8, 4) is 0 Å². The minimum Gasteiger partial charge on any atom is -0.449 e. The summed E-state index contributed by atoms with van der Waals surface area (Å²) in [6, 6.07) is 7.90. The van der Waals surface area contributed by atoms with Crippen LogP contribution in [0.25, 0.3) is 0 Å². The summed E-state index contributed by atoms with van der Waals surface area (Å²) in [6.07, 6.45) is 2.01. The van der Waals surface area contributed by atoms with E-state index in [0.29, 0.717) is 17.0 Å². The first-order valence-electron chi connectivity index (χ1n) is 10.1. The zero-order valence-corrected chi connectivity index (χ0v) is 18.2. The molecule has 4 N–H and O–H groups in total. The summed E-state index contributed by atoms with van der Waals surface area (Å²) in [7, 11) is 0. The Bertz CT molecular complexity index is 1150. The van der Waals surface area contributed by atoms with Gasteiger partial charge >= 0.3 is 6.09 Å². The molecule has 0 atom stereocenters. The number of hydrogen-bond acceptors (Lipinski definition) is 9. The first kappa shape index (κ1) is 23.5. The van der Waals surface area contributed by atoms with E-state index in [2.05, 4.69) is 25.4 Å². The van der Waals surface area contributed by atoms with Gasteiger partial charge in [0.15, 0.2) is 11.6 Å².